The maximum absolute atomic E-state index is 12.8. The van der Waals surface area contributed by atoms with Crippen molar-refractivity contribution in [2.75, 3.05) is 38.2 Å². The third-order valence-corrected chi connectivity index (χ3v) is 9.21. The normalized spacial score (nSPS) is 21.6. The van der Waals surface area contributed by atoms with Crippen LogP contribution in [0.5, 0.6) is 0 Å². The number of hydrogen-bond donors (Lipinski definition) is 1. The first-order valence-electron chi connectivity index (χ1n) is 14.1. The van der Waals surface area contributed by atoms with Gasteiger partial charge < -0.3 is 29.0 Å². The van der Waals surface area contributed by atoms with E-state index < -0.39 is 13.7 Å². The number of carbonyl (C=O) groups excluding carboxylic acids is 1. The van der Waals surface area contributed by atoms with Gasteiger partial charge in [-0.3, -0.25) is 0 Å². The van der Waals surface area contributed by atoms with Gasteiger partial charge in [-0.05, 0) is 63.5 Å². The summed E-state index contributed by atoms with van der Waals surface area (Å²) in [5.74, 6) is 1.61. The second-order valence-corrected chi connectivity index (χ2v) is 18.8. The zero-order chi connectivity index (χ0) is 27.5. The number of carbonyl (C=O) groups is 1. The molecule has 0 unspecified atom stereocenters. The molecule has 2 aliphatic rings. The number of hydrogen-bond acceptors (Lipinski definition) is 7. The van der Waals surface area contributed by atoms with Gasteiger partial charge in [-0.15, -0.1) is 0 Å². The Morgan fingerprint density at radius 2 is 1.92 bits per heavy atom. The van der Waals surface area contributed by atoms with Gasteiger partial charge in [0.1, 0.15) is 30.1 Å². The summed E-state index contributed by atoms with van der Waals surface area (Å²) in [7, 11) is -1.16. The van der Waals surface area contributed by atoms with Crippen molar-refractivity contribution in [3.05, 3.63) is 18.1 Å². The molecule has 4 heterocycles. The molecule has 0 saturated carbocycles. The summed E-state index contributed by atoms with van der Waals surface area (Å²) in [6.07, 6.45) is 6.46. The minimum absolute atomic E-state index is 0.0632. The quantitative estimate of drug-likeness (QED) is 0.336. The minimum Gasteiger partial charge on any atom is -0.444 e. The topological polar surface area (TPSA) is 90.7 Å². The zero-order valence-corrected chi connectivity index (χ0v) is 25.4. The molecule has 2 aromatic rings. The molecule has 212 valence electrons. The fourth-order valence-corrected chi connectivity index (χ4v) is 5.90. The summed E-state index contributed by atoms with van der Waals surface area (Å²) in [6.45, 7) is 19.1. The van der Waals surface area contributed by atoms with Crippen LogP contribution < -0.4 is 5.32 Å². The average Bonchev–Trinajstić information content (AvgIpc) is 3.22. The van der Waals surface area contributed by atoms with Gasteiger partial charge in [-0.2, -0.15) is 0 Å². The fraction of sp³-hybridized carbons (Fsp3) is 0.750. The van der Waals surface area contributed by atoms with Crippen LogP contribution in [0.2, 0.25) is 25.7 Å². The zero-order valence-electron chi connectivity index (χ0n) is 24.4. The smallest absolute Gasteiger partial charge is 0.410 e. The molecule has 0 aliphatic carbocycles. The van der Waals surface area contributed by atoms with Crippen LogP contribution in [-0.2, 0) is 20.9 Å². The minimum atomic E-state index is -1.16. The molecule has 2 aromatic heterocycles. The molecule has 2 fully saturated rings. The third-order valence-electron chi connectivity index (χ3n) is 7.50. The second kappa shape index (κ2) is 11.9. The molecule has 10 heteroatoms. The van der Waals surface area contributed by atoms with Crippen molar-refractivity contribution in [1.29, 1.82) is 0 Å². The Balaban J connectivity index is 1.59. The summed E-state index contributed by atoms with van der Waals surface area (Å²) in [5.41, 5.74) is 1.64. The number of fused-ring (bicyclic) bond motifs is 1. The number of nitrogens with zero attached hydrogens (tertiary/aromatic N) is 4. The van der Waals surface area contributed by atoms with E-state index >= 15 is 0 Å². The first kappa shape index (κ1) is 28.8. The summed E-state index contributed by atoms with van der Waals surface area (Å²) in [5, 5.41) is 4.79. The maximum Gasteiger partial charge on any atom is 0.410 e. The summed E-state index contributed by atoms with van der Waals surface area (Å²) in [6, 6.07) is 1.20. The van der Waals surface area contributed by atoms with E-state index in [0.717, 1.165) is 62.0 Å². The van der Waals surface area contributed by atoms with Gasteiger partial charge in [0.2, 0.25) is 0 Å². The van der Waals surface area contributed by atoms with E-state index in [9.17, 15) is 4.79 Å². The first-order valence-corrected chi connectivity index (χ1v) is 17.9. The van der Waals surface area contributed by atoms with Crippen molar-refractivity contribution >= 4 is 31.0 Å². The van der Waals surface area contributed by atoms with Gasteiger partial charge in [-0.1, -0.05) is 26.6 Å². The highest BCUT2D eigenvalue weighted by Crippen LogP contribution is 2.37. The van der Waals surface area contributed by atoms with E-state index in [4.69, 9.17) is 24.2 Å². The predicted molar refractivity (Wildman–Crippen MR) is 153 cm³/mol. The Hall–Kier alpha value is -2.17. The van der Waals surface area contributed by atoms with Crippen molar-refractivity contribution in [3.8, 4) is 0 Å². The monoisotopic (exact) mass is 545 g/mol. The number of aromatic nitrogens is 3. The number of piperidine rings is 1. The maximum atomic E-state index is 12.8. The number of anilines is 1. The van der Waals surface area contributed by atoms with Crippen LogP contribution in [0.1, 0.15) is 58.4 Å². The standard InChI is InChI=1S/C28H47N5O4Si/c1-20-8-11-32(27(34)37-28(2,3)4)17-23(20)31-25-24-22(21-9-12-35-13-10-21)16-33(26(24)30-18-29-25)19-36-14-15-38(5,6)7/h16,18,20-21,23H,8-15,17,19H2,1-7H3,(H,29,30,31)/t20-,23-/m0/s1. The Morgan fingerprint density at radius 1 is 1.18 bits per heavy atom. The lowest BCUT2D eigenvalue weighted by molar-refractivity contribution is 0.0176. The van der Waals surface area contributed by atoms with E-state index in [1.54, 1.807) is 6.33 Å². The molecule has 1 N–H and O–H groups in total. The van der Waals surface area contributed by atoms with Crippen LogP contribution in [0.4, 0.5) is 10.6 Å². The Kier molecular flexibility index (Phi) is 9.04. The van der Waals surface area contributed by atoms with Crippen LogP contribution in [0.3, 0.4) is 0 Å². The van der Waals surface area contributed by atoms with Crippen molar-refractivity contribution < 1.29 is 19.0 Å². The molecule has 38 heavy (non-hydrogen) atoms. The van der Waals surface area contributed by atoms with Crippen LogP contribution in [0, 0.1) is 5.92 Å². The molecule has 0 aromatic carbocycles. The highest BCUT2D eigenvalue weighted by Gasteiger charge is 2.33. The van der Waals surface area contributed by atoms with Gasteiger partial charge in [-0.25, -0.2) is 14.8 Å². The molecule has 0 spiro atoms. The molecule has 0 bridgehead atoms. The van der Waals surface area contributed by atoms with Crippen LogP contribution in [0.15, 0.2) is 12.5 Å². The van der Waals surface area contributed by atoms with Crippen LogP contribution in [0.25, 0.3) is 11.0 Å². The number of amides is 1. The summed E-state index contributed by atoms with van der Waals surface area (Å²) >= 11 is 0. The second-order valence-electron chi connectivity index (χ2n) is 13.2. The number of likely N-dealkylation sites (tertiary alicyclic amines) is 1. The van der Waals surface area contributed by atoms with E-state index in [1.807, 2.05) is 25.7 Å². The fourth-order valence-electron chi connectivity index (χ4n) is 5.15. The molecule has 2 saturated heterocycles. The van der Waals surface area contributed by atoms with Crippen molar-refractivity contribution in [1.82, 2.24) is 19.4 Å². The lowest BCUT2D eigenvalue weighted by Gasteiger charge is -2.38. The molecule has 2 atom stereocenters. The highest BCUT2D eigenvalue weighted by molar-refractivity contribution is 6.76. The number of nitrogens with one attached hydrogen (secondary N) is 1. The van der Waals surface area contributed by atoms with E-state index in [2.05, 4.69) is 42.6 Å². The Labute approximate surface area is 228 Å². The largest absolute Gasteiger partial charge is 0.444 e. The van der Waals surface area contributed by atoms with Gasteiger partial charge >= 0.3 is 6.09 Å². The van der Waals surface area contributed by atoms with Gasteiger partial charge in [0.05, 0.1) is 5.39 Å². The lowest BCUT2D eigenvalue weighted by Crippen LogP contribution is -2.50. The number of rotatable bonds is 8. The molecule has 9 nitrogen and oxygen atoms in total. The van der Waals surface area contributed by atoms with E-state index in [0.29, 0.717) is 31.7 Å². The Bertz CT molecular complexity index is 1090. The van der Waals surface area contributed by atoms with E-state index in [1.165, 1.54) is 5.56 Å². The molecule has 2 aliphatic heterocycles. The van der Waals surface area contributed by atoms with Crippen molar-refractivity contribution in [2.45, 2.75) is 96.9 Å². The molecule has 4 rings (SSSR count). The van der Waals surface area contributed by atoms with Gasteiger partial charge in [0.15, 0.2) is 0 Å². The molecule has 1 amide bonds. The van der Waals surface area contributed by atoms with Crippen molar-refractivity contribution in [3.63, 3.8) is 0 Å². The van der Waals surface area contributed by atoms with Gasteiger partial charge in [0, 0.05) is 53.2 Å². The first-order chi connectivity index (χ1) is 17.9. The van der Waals surface area contributed by atoms with Crippen LogP contribution in [-0.4, -0.2) is 78.2 Å². The van der Waals surface area contributed by atoms with Crippen molar-refractivity contribution in [2.24, 2.45) is 5.92 Å². The molecular weight excluding hydrogens is 498 g/mol. The Morgan fingerprint density at radius 3 is 2.61 bits per heavy atom. The SMILES string of the molecule is C[C@H]1CCN(C(=O)OC(C)(C)C)C[C@@H]1Nc1ncnc2c1c(C1CCOCC1)cn2COCC[Si](C)(C)C. The predicted octanol–water partition coefficient (Wildman–Crippen LogP) is 5.70. The molecular formula is C28H47N5O4Si. The average molecular weight is 546 g/mol. The number of ether oxygens (including phenoxy) is 3. The van der Waals surface area contributed by atoms with Gasteiger partial charge in [0.25, 0.3) is 0 Å². The summed E-state index contributed by atoms with van der Waals surface area (Å²) in [4.78, 5) is 24.1. The lowest BCUT2D eigenvalue weighted by atomic mass is 9.91. The molecule has 0 radical (unpaired) electrons. The summed E-state index contributed by atoms with van der Waals surface area (Å²) < 4.78 is 19.6. The van der Waals surface area contributed by atoms with Crippen LogP contribution >= 0.6 is 0 Å². The third kappa shape index (κ3) is 7.48. The van der Waals surface area contributed by atoms with E-state index in [-0.39, 0.29) is 12.1 Å². The highest BCUT2D eigenvalue weighted by atomic mass is 28.3.